The molecule has 0 N–H and O–H groups in total. The van der Waals surface area contributed by atoms with Crippen molar-refractivity contribution in [2.75, 3.05) is 0 Å². The molecule has 10 aromatic rings. The fraction of sp³-hybridized carbons (Fsp3) is 0. The van der Waals surface area contributed by atoms with Crippen molar-refractivity contribution >= 4 is 21.9 Å². The van der Waals surface area contributed by atoms with E-state index < -0.39 is 65.5 Å². The highest BCUT2D eigenvalue weighted by Gasteiger charge is 2.17. The van der Waals surface area contributed by atoms with Gasteiger partial charge in [0.15, 0.2) is 17.5 Å². The smallest absolute Gasteiger partial charge is 0.164 e. The van der Waals surface area contributed by atoms with Crippen LogP contribution < -0.4 is 0 Å². The molecule has 0 saturated carbocycles. The topological polar surface area (TPSA) is 51.8 Å². The van der Waals surface area contributed by atoms with E-state index >= 15 is 0 Å². The Hall–Kier alpha value is -7.43. The predicted molar refractivity (Wildman–Crippen MR) is 225 cm³/mol. The first-order chi connectivity index (χ1) is 31.0. The lowest BCUT2D eigenvalue weighted by Crippen LogP contribution is -2.00. The van der Waals surface area contributed by atoms with E-state index in [0.29, 0.717) is 22.3 Å². The summed E-state index contributed by atoms with van der Waals surface area (Å²) in [4.78, 5) is 14.4. The Bertz CT molecular complexity index is 3410. The Kier molecular flexibility index (Phi) is 6.04. The number of rotatable bonds is 7. The van der Waals surface area contributed by atoms with E-state index in [-0.39, 0.29) is 23.0 Å². The average molecular weight is 713 g/mol. The maximum atomic E-state index is 9.18. The number of benzene rings is 8. The van der Waals surface area contributed by atoms with Crippen LogP contribution in [0.2, 0.25) is 0 Å². The molecule has 0 saturated heterocycles. The van der Waals surface area contributed by atoms with Crippen molar-refractivity contribution in [2.45, 2.75) is 0 Å². The van der Waals surface area contributed by atoms with Gasteiger partial charge < -0.3 is 4.42 Å². The van der Waals surface area contributed by atoms with Crippen molar-refractivity contribution in [1.82, 2.24) is 15.0 Å². The molecular weight excluding hydrogens is 671 g/mol. The first-order valence-corrected chi connectivity index (χ1v) is 17.7. The van der Waals surface area contributed by atoms with E-state index in [4.69, 9.17) is 29.0 Å². The Morgan fingerprint density at radius 3 is 1.47 bits per heavy atom. The van der Waals surface area contributed by atoms with E-state index in [9.17, 15) is 2.74 Å². The van der Waals surface area contributed by atoms with Crippen LogP contribution in [0, 0.1) is 0 Å². The molecule has 0 amide bonds. The van der Waals surface area contributed by atoms with Gasteiger partial charge in [-0.3, -0.25) is 0 Å². The fourth-order valence-electron chi connectivity index (χ4n) is 6.79. The first kappa shape index (κ1) is 24.0. The maximum Gasteiger partial charge on any atom is 0.164 e. The number of hydrogen-bond acceptors (Lipinski definition) is 4. The predicted octanol–water partition coefficient (Wildman–Crippen LogP) is 13.4. The lowest BCUT2D eigenvalue weighted by atomic mass is 9.96. The van der Waals surface area contributed by atoms with Crippen LogP contribution in [-0.2, 0) is 0 Å². The van der Waals surface area contributed by atoms with Crippen molar-refractivity contribution in [3.05, 3.63) is 200 Å². The lowest BCUT2D eigenvalue weighted by Gasteiger charge is -2.10. The number of furan rings is 1. The second-order valence-corrected chi connectivity index (χ2v) is 12.9. The fourth-order valence-corrected chi connectivity index (χ4v) is 6.79. The van der Waals surface area contributed by atoms with Gasteiger partial charge in [0.2, 0.25) is 0 Å². The first-order valence-electron chi connectivity index (χ1n) is 22.2. The number of aromatic nitrogens is 3. The van der Waals surface area contributed by atoms with E-state index in [1.165, 1.54) is 0 Å². The molecule has 0 spiro atoms. The Labute approximate surface area is 331 Å². The second kappa shape index (κ2) is 13.8. The zero-order valence-corrected chi connectivity index (χ0v) is 29.1. The van der Waals surface area contributed by atoms with Gasteiger partial charge in [-0.05, 0) is 62.7 Å². The van der Waals surface area contributed by atoms with Crippen LogP contribution in [0.5, 0.6) is 0 Å². The van der Waals surface area contributed by atoms with Crippen molar-refractivity contribution in [3.63, 3.8) is 0 Å². The molecule has 0 aliphatic rings. The van der Waals surface area contributed by atoms with E-state index in [1.807, 2.05) is 103 Å². The molecular formula is C51H33N3O. The van der Waals surface area contributed by atoms with Gasteiger partial charge in [-0.1, -0.05) is 182 Å². The van der Waals surface area contributed by atoms with E-state index in [1.54, 1.807) is 0 Å². The molecule has 0 aliphatic heterocycles. The van der Waals surface area contributed by atoms with Crippen LogP contribution in [0.3, 0.4) is 0 Å². The summed E-state index contributed by atoms with van der Waals surface area (Å²) in [7, 11) is 0. The third-order valence-corrected chi connectivity index (χ3v) is 9.54. The van der Waals surface area contributed by atoms with Crippen LogP contribution in [0.4, 0.5) is 0 Å². The highest BCUT2D eigenvalue weighted by Crippen LogP contribution is 2.39. The molecule has 2 aromatic heterocycles. The van der Waals surface area contributed by atoms with Gasteiger partial charge in [0, 0.05) is 27.5 Å². The zero-order chi connectivity index (χ0) is 44.4. The molecule has 10 rings (SSSR count). The highest BCUT2D eigenvalue weighted by atomic mass is 16.3. The Balaban J connectivity index is 1.12. The second-order valence-electron chi connectivity index (χ2n) is 12.9. The normalized spacial score (nSPS) is 13.6. The molecule has 0 aliphatic carbocycles. The highest BCUT2D eigenvalue weighted by molar-refractivity contribution is 6.13. The third-order valence-electron chi connectivity index (χ3n) is 9.54. The van der Waals surface area contributed by atoms with Gasteiger partial charge >= 0.3 is 0 Å². The Morgan fingerprint density at radius 1 is 0.345 bits per heavy atom. The lowest BCUT2D eigenvalue weighted by molar-refractivity contribution is 0.669. The number of fused-ring (bicyclic) bond motifs is 3. The Morgan fingerprint density at radius 2 is 0.836 bits per heavy atom. The van der Waals surface area contributed by atoms with Crippen LogP contribution >= 0.6 is 0 Å². The molecule has 0 radical (unpaired) electrons. The van der Waals surface area contributed by atoms with Gasteiger partial charge in [-0.2, -0.15) is 0 Å². The van der Waals surface area contributed by atoms with Gasteiger partial charge in [0.1, 0.15) is 11.2 Å². The number of hydrogen-bond donors (Lipinski definition) is 0. The van der Waals surface area contributed by atoms with Crippen molar-refractivity contribution in [3.8, 4) is 78.7 Å². The molecule has 0 bridgehead atoms. The standard InChI is InChI=1S/C51H33N3O/c1-4-11-34(12-5-1)37-19-25-40(26-20-37)44-17-10-18-46-48(44)45-32-31-43(33-47(45)55-46)51-53-49(41-27-21-38(22-28-41)35-13-6-2-7-14-35)52-50(54-51)42-29-23-39(24-30-42)36-15-8-3-9-16-36/h1-33H/i2D,6D,7D,13D,14D,21D,22D,27D,28D. The van der Waals surface area contributed by atoms with Crippen molar-refractivity contribution < 1.29 is 16.8 Å². The maximum absolute atomic E-state index is 9.18. The van der Waals surface area contributed by atoms with Crippen LogP contribution in [-0.4, -0.2) is 15.0 Å². The van der Waals surface area contributed by atoms with Crippen LogP contribution in [0.25, 0.3) is 101 Å². The van der Waals surface area contributed by atoms with Gasteiger partial charge in [0.25, 0.3) is 0 Å². The molecule has 4 heteroatoms. The van der Waals surface area contributed by atoms with E-state index in [2.05, 4.69) is 42.5 Å². The van der Waals surface area contributed by atoms with Crippen LogP contribution in [0.15, 0.2) is 204 Å². The molecule has 258 valence electrons. The molecule has 55 heavy (non-hydrogen) atoms. The molecule has 0 atom stereocenters. The molecule has 0 unspecified atom stereocenters. The van der Waals surface area contributed by atoms with Gasteiger partial charge in [-0.15, -0.1) is 0 Å². The minimum absolute atomic E-state index is 0.150. The summed E-state index contributed by atoms with van der Waals surface area (Å²) in [6.07, 6.45) is 0. The molecule has 2 heterocycles. The van der Waals surface area contributed by atoms with Gasteiger partial charge in [-0.25, -0.2) is 15.0 Å². The van der Waals surface area contributed by atoms with Crippen molar-refractivity contribution in [2.24, 2.45) is 0 Å². The summed E-state index contributed by atoms with van der Waals surface area (Å²) in [5, 5.41) is 1.81. The molecule has 8 aromatic carbocycles. The number of nitrogens with zero attached hydrogens (tertiary/aromatic N) is 3. The van der Waals surface area contributed by atoms with Gasteiger partial charge in [0.05, 0.1) is 12.3 Å². The molecule has 0 fully saturated rings. The third kappa shape index (κ3) is 6.26. The van der Waals surface area contributed by atoms with Crippen molar-refractivity contribution in [1.29, 1.82) is 0 Å². The SMILES string of the molecule is [2H]c1c([2H])c([2H])c(-c2c([2H])c([2H])c(-c3nc(-c4ccc(-c5ccccc5)cc4)nc(-c4ccc5c(c4)oc4cccc(-c6ccc(-c7ccccc7)cc6)c45)n3)c([2H])c2[2H])c([2H])c1[2H]. The van der Waals surface area contributed by atoms with E-state index in [0.717, 1.165) is 44.2 Å². The summed E-state index contributed by atoms with van der Waals surface area (Å²) in [6.45, 7) is 0. The average Bonchev–Trinajstić information content (AvgIpc) is 3.72. The zero-order valence-electron chi connectivity index (χ0n) is 38.1. The molecule has 4 nitrogen and oxygen atoms in total. The minimum atomic E-state index is -0.655. The summed E-state index contributed by atoms with van der Waals surface area (Å²) in [6, 6.07) is 42.1. The summed E-state index contributed by atoms with van der Waals surface area (Å²) >= 11 is 0. The van der Waals surface area contributed by atoms with Crippen LogP contribution in [0.1, 0.15) is 12.3 Å². The summed E-state index contributed by atoms with van der Waals surface area (Å²) < 4.78 is 84.4. The minimum Gasteiger partial charge on any atom is -0.456 e. The largest absolute Gasteiger partial charge is 0.456 e. The summed E-state index contributed by atoms with van der Waals surface area (Å²) in [5.41, 5.74) is 7.54. The monoisotopic (exact) mass is 712 g/mol. The quantitative estimate of drug-likeness (QED) is 0.165. The summed E-state index contributed by atoms with van der Waals surface area (Å²) in [5.74, 6) is 0.234.